The van der Waals surface area contributed by atoms with Crippen LogP contribution in [0.25, 0.3) is 12.2 Å². The molecule has 182 valence electrons. The van der Waals surface area contributed by atoms with E-state index in [-0.39, 0.29) is 13.6 Å². The van der Waals surface area contributed by atoms with E-state index in [9.17, 15) is 5.11 Å². The van der Waals surface area contributed by atoms with Gasteiger partial charge < -0.3 is 24.1 Å². The van der Waals surface area contributed by atoms with E-state index in [1.165, 1.54) is 5.56 Å². The molecule has 0 saturated heterocycles. The van der Waals surface area contributed by atoms with Crippen molar-refractivity contribution in [3.63, 3.8) is 0 Å². The molecule has 0 aliphatic rings. The summed E-state index contributed by atoms with van der Waals surface area (Å²) in [4.78, 5) is 0. The standard InChI is InChI=1S/C28H40O5/c1-5-30-21-32-20-26-17-25(18-27(19-26)33-22-31-6-2)14-13-24-12-9-11-23(16-24)10-7-8-15-28(3,4)29/h9,11-14,16-19,29H,5-8,10,15,20-22H2,1-4H3/b14-13+. The van der Waals surface area contributed by atoms with Gasteiger partial charge in [0.05, 0.1) is 12.2 Å². The molecule has 5 nitrogen and oxygen atoms in total. The van der Waals surface area contributed by atoms with E-state index in [2.05, 4.69) is 42.5 Å². The highest BCUT2D eigenvalue weighted by Crippen LogP contribution is 2.21. The Morgan fingerprint density at radius 1 is 0.818 bits per heavy atom. The predicted molar refractivity (Wildman–Crippen MR) is 134 cm³/mol. The van der Waals surface area contributed by atoms with E-state index >= 15 is 0 Å². The van der Waals surface area contributed by atoms with Crippen molar-refractivity contribution < 1.29 is 24.1 Å². The number of ether oxygens (including phenoxy) is 4. The normalized spacial score (nSPS) is 11.9. The molecule has 2 aromatic rings. The predicted octanol–water partition coefficient (Wildman–Crippen LogP) is 6.22. The molecule has 5 heteroatoms. The highest BCUT2D eigenvalue weighted by molar-refractivity contribution is 5.70. The summed E-state index contributed by atoms with van der Waals surface area (Å²) in [7, 11) is 0. The van der Waals surface area contributed by atoms with E-state index in [4.69, 9.17) is 18.9 Å². The van der Waals surface area contributed by atoms with Gasteiger partial charge in [-0.25, -0.2) is 0 Å². The molecule has 2 rings (SSSR count). The largest absolute Gasteiger partial charge is 0.468 e. The van der Waals surface area contributed by atoms with E-state index < -0.39 is 5.60 Å². The molecule has 0 heterocycles. The number of unbranched alkanes of at least 4 members (excludes halogenated alkanes) is 1. The summed E-state index contributed by atoms with van der Waals surface area (Å²) >= 11 is 0. The second kappa shape index (κ2) is 14.9. The lowest BCUT2D eigenvalue weighted by atomic mass is 9.98. The lowest BCUT2D eigenvalue weighted by Crippen LogP contribution is -2.17. The second-order valence-electron chi connectivity index (χ2n) is 8.72. The Morgan fingerprint density at radius 3 is 2.30 bits per heavy atom. The summed E-state index contributed by atoms with van der Waals surface area (Å²) in [5, 5.41) is 9.87. The first-order valence-corrected chi connectivity index (χ1v) is 11.9. The van der Waals surface area contributed by atoms with E-state index in [0.29, 0.717) is 19.8 Å². The molecule has 0 aliphatic carbocycles. The summed E-state index contributed by atoms with van der Waals surface area (Å²) in [6.45, 7) is 9.80. The molecule has 0 amide bonds. The average molecular weight is 457 g/mol. The number of aliphatic hydroxyl groups is 1. The Kier molecular flexibility index (Phi) is 12.2. The van der Waals surface area contributed by atoms with Gasteiger partial charge in [-0.15, -0.1) is 0 Å². The van der Waals surface area contributed by atoms with Crippen molar-refractivity contribution in [3.8, 4) is 5.75 Å². The van der Waals surface area contributed by atoms with Gasteiger partial charge in [-0.3, -0.25) is 0 Å². The maximum atomic E-state index is 9.87. The topological polar surface area (TPSA) is 57.2 Å². The third kappa shape index (κ3) is 12.0. The maximum Gasteiger partial charge on any atom is 0.189 e. The summed E-state index contributed by atoms with van der Waals surface area (Å²) in [6, 6.07) is 14.7. The summed E-state index contributed by atoms with van der Waals surface area (Å²) in [5.41, 5.74) is 3.94. The zero-order valence-corrected chi connectivity index (χ0v) is 20.6. The maximum absolute atomic E-state index is 9.87. The fourth-order valence-corrected chi connectivity index (χ4v) is 3.38. The highest BCUT2D eigenvalue weighted by Gasteiger charge is 2.11. The van der Waals surface area contributed by atoms with Gasteiger partial charge in [-0.2, -0.15) is 0 Å². The molecule has 0 radical (unpaired) electrons. The molecule has 0 spiro atoms. The van der Waals surface area contributed by atoms with E-state index in [1.807, 2.05) is 39.8 Å². The smallest absolute Gasteiger partial charge is 0.189 e. The van der Waals surface area contributed by atoms with Crippen LogP contribution in [-0.2, 0) is 27.2 Å². The van der Waals surface area contributed by atoms with Crippen LogP contribution in [-0.4, -0.2) is 37.5 Å². The summed E-state index contributed by atoms with van der Waals surface area (Å²) in [5.74, 6) is 0.751. The molecule has 0 fully saturated rings. The van der Waals surface area contributed by atoms with Crippen molar-refractivity contribution in [2.24, 2.45) is 0 Å². The molecule has 0 atom stereocenters. The van der Waals surface area contributed by atoms with Crippen molar-refractivity contribution >= 4 is 12.2 Å². The van der Waals surface area contributed by atoms with Gasteiger partial charge in [0, 0.05) is 13.2 Å². The average Bonchev–Trinajstić information content (AvgIpc) is 2.78. The first-order chi connectivity index (χ1) is 15.9. The zero-order chi connectivity index (χ0) is 23.9. The van der Waals surface area contributed by atoms with Crippen LogP contribution in [0.1, 0.15) is 69.2 Å². The van der Waals surface area contributed by atoms with Crippen LogP contribution >= 0.6 is 0 Å². The Balaban J connectivity index is 2.04. The van der Waals surface area contributed by atoms with Crippen molar-refractivity contribution in [2.45, 2.75) is 65.6 Å². The first-order valence-electron chi connectivity index (χ1n) is 11.9. The van der Waals surface area contributed by atoms with Crippen molar-refractivity contribution in [1.29, 1.82) is 0 Å². The summed E-state index contributed by atoms with van der Waals surface area (Å²) < 4.78 is 21.9. The van der Waals surface area contributed by atoms with Crippen molar-refractivity contribution in [3.05, 3.63) is 64.7 Å². The molecular formula is C28H40O5. The number of aryl methyl sites for hydroxylation is 1. The lowest BCUT2D eigenvalue weighted by molar-refractivity contribution is -0.0572. The van der Waals surface area contributed by atoms with Gasteiger partial charge in [0.25, 0.3) is 0 Å². The monoisotopic (exact) mass is 456 g/mol. The summed E-state index contributed by atoms with van der Waals surface area (Å²) in [6.07, 6.45) is 8.14. The molecule has 0 aliphatic heterocycles. The van der Waals surface area contributed by atoms with Crippen LogP contribution < -0.4 is 4.74 Å². The minimum absolute atomic E-state index is 0.221. The van der Waals surface area contributed by atoms with E-state index in [1.54, 1.807) is 0 Å². The van der Waals surface area contributed by atoms with Crippen molar-refractivity contribution in [2.75, 3.05) is 26.8 Å². The number of benzene rings is 2. The fourth-order valence-electron chi connectivity index (χ4n) is 3.38. The second-order valence-corrected chi connectivity index (χ2v) is 8.72. The SMILES string of the molecule is CCOCOCc1cc(/C=C/c2cccc(CCCCC(C)(C)O)c2)cc(OCOCC)c1. The Bertz CT molecular complexity index is 838. The van der Waals surface area contributed by atoms with E-state index in [0.717, 1.165) is 48.1 Å². The Morgan fingerprint density at radius 2 is 1.55 bits per heavy atom. The molecule has 1 N–H and O–H groups in total. The van der Waals surface area contributed by atoms with Crippen LogP contribution in [0.5, 0.6) is 5.75 Å². The van der Waals surface area contributed by atoms with Crippen LogP contribution in [0.3, 0.4) is 0 Å². The Hall–Kier alpha value is -2.18. The molecule has 2 aromatic carbocycles. The van der Waals surface area contributed by atoms with Gasteiger partial charge in [0.1, 0.15) is 12.5 Å². The number of rotatable bonds is 16. The molecule has 0 unspecified atom stereocenters. The minimum Gasteiger partial charge on any atom is -0.468 e. The third-order valence-electron chi connectivity index (χ3n) is 5.06. The molecule has 0 saturated carbocycles. The number of hydrogen-bond donors (Lipinski definition) is 1. The Labute approximate surface area is 199 Å². The fraction of sp³-hybridized carbons (Fsp3) is 0.500. The minimum atomic E-state index is -0.585. The lowest BCUT2D eigenvalue weighted by Gasteiger charge is -2.16. The number of hydrogen-bond acceptors (Lipinski definition) is 5. The zero-order valence-electron chi connectivity index (χ0n) is 20.6. The molecular weight excluding hydrogens is 416 g/mol. The van der Waals surface area contributed by atoms with Crippen molar-refractivity contribution in [1.82, 2.24) is 0 Å². The molecule has 0 aromatic heterocycles. The van der Waals surface area contributed by atoms with Gasteiger partial charge in [-0.1, -0.05) is 42.8 Å². The van der Waals surface area contributed by atoms with Gasteiger partial charge in [0.2, 0.25) is 0 Å². The first kappa shape index (κ1) is 27.1. The van der Waals surface area contributed by atoms with Crippen LogP contribution in [0.15, 0.2) is 42.5 Å². The van der Waals surface area contributed by atoms with Gasteiger partial charge >= 0.3 is 0 Å². The van der Waals surface area contributed by atoms with Gasteiger partial charge in [0.15, 0.2) is 6.79 Å². The van der Waals surface area contributed by atoms with Crippen LogP contribution in [0.2, 0.25) is 0 Å². The van der Waals surface area contributed by atoms with Gasteiger partial charge in [-0.05, 0) is 87.4 Å². The third-order valence-corrected chi connectivity index (χ3v) is 5.06. The van der Waals surface area contributed by atoms with Crippen LogP contribution in [0.4, 0.5) is 0 Å². The highest BCUT2D eigenvalue weighted by atomic mass is 16.7. The molecule has 0 bridgehead atoms. The quantitative estimate of drug-likeness (QED) is 0.184. The van der Waals surface area contributed by atoms with Crippen LogP contribution in [0, 0.1) is 0 Å². The molecule has 33 heavy (non-hydrogen) atoms.